The Morgan fingerprint density at radius 1 is 1.24 bits per heavy atom. The average molecular weight is 286 g/mol. The van der Waals surface area contributed by atoms with Crippen molar-refractivity contribution in [3.05, 3.63) is 41.6 Å². The van der Waals surface area contributed by atoms with E-state index < -0.39 is 12.1 Å². The molecule has 0 saturated heterocycles. The fraction of sp³-hybridized carbons (Fsp3) is 0.312. The number of nitrogens with zero attached hydrogens (tertiary/aromatic N) is 2. The van der Waals surface area contributed by atoms with E-state index in [0.717, 1.165) is 16.6 Å². The summed E-state index contributed by atoms with van der Waals surface area (Å²) in [6, 6.07) is 9.04. The van der Waals surface area contributed by atoms with Crippen LogP contribution in [-0.4, -0.2) is 42.0 Å². The molecule has 1 heterocycles. The molecular formula is C16H18N2O3. The number of rotatable bonds is 3. The Kier molecular flexibility index (Phi) is 4.21. The predicted octanol–water partition coefficient (Wildman–Crippen LogP) is 2.18. The van der Waals surface area contributed by atoms with Gasteiger partial charge in [0, 0.05) is 25.2 Å². The van der Waals surface area contributed by atoms with Gasteiger partial charge in [-0.2, -0.15) is 0 Å². The SMILES string of the molecule is Cc1cc(C(=O)O[C@H](C)C(=O)N(C)C)c2ccccc2n1. The largest absolute Gasteiger partial charge is 0.449 e. The number of benzene rings is 1. The second-order valence-corrected chi connectivity index (χ2v) is 5.11. The molecule has 5 nitrogen and oxygen atoms in total. The number of aryl methyl sites for hydroxylation is 1. The van der Waals surface area contributed by atoms with E-state index in [2.05, 4.69) is 4.98 Å². The molecule has 1 aromatic heterocycles. The molecule has 0 radical (unpaired) electrons. The van der Waals surface area contributed by atoms with E-state index in [0.29, 0.717) is 5.56 Å². The number of likely N-dealkylation sites (N-methyl/N-ethyl adjacent to an activating group) is 1. The lowest BCUT2D eigenvalue weighted by molar-refractivity contribution is -0.137. The smallest absolute Gasteiger partial charge is 0.339 e. The number of carbonyl (C=O) groups is 2. The normalized spacial score (nSPS) is 12.0. The van der Waals surface area contributed by atoms with Gasteiger partial charge in [-0.3, -0.25) is 9.78 Å². The fourth-order valence-corrected chi connectivity index (χ4v) is 2.11. The van der Waals surface area contributed by atoms with E-state index in [1.807, 2.05) is 31.2 Å². The molecule has 5 heteroatoms. The first-order chi connectivity index (χ1) is 9.90. The molecule has 0 aliphatic rings. The summed E-state index contributed by atoms with van der Waals surface area (Å²) in [7, 11) is 3.25. The van der Waals surface area contributed by atoms with Crippen LogP contribution in [0, 0.1) is 6.92 Å². The maximum Gasteiger partial charge on any atom is 0.339 e. The molecule has 0 aliphatic carbocycles. The number of esters is 1. The van der Waals surface area contributed by atoms with E-state index >= 15 is 0 Å². The first kappa shape index (κ1) is 15.0. The first-order valence-corrected chi connectivity index (χ1v) is 6.68. The standard InChI is InChI=1S/C16H18N2O3/c1-10-9-13(12-7-5-6-8-14(12)17-10)16(20)21-11(2)15(19)18(3)4/h5-9,11H,1-4H3/t11-/m1/s1. The van der Waals surface area contributed by atoms with Crippen molar-refractivity contribution in [1.29, 1.82) is 0 Å². The summed E-state index contributed by atoms with van der Waals surface area (Å²) in [5, 5.41) is 0.720. The zero-order chi connectivity index (χ0) is 15.6. The maximum absolute atomic E-state index is 12.3. The molecule has 0 saturated carbocycles. The van der Waals surface area contributed by atoms with Gasteiger partial charge in [0.25, 0.3) is 5.91 Å². The van der Waals surface area contributed by atoms with E-state index in [-0.39, 0.29) is 5.91 Å². The molecule has 0 bridgehead atoms. The van der Waals surface area contributed by atoms with Crippen LogP contribution in [0.25, 0.3) is 10.9 Å². The molecule has 0 N–H and O–H groups in total. The molecule has 0 unspecified atom stereocenters. The Morgan fingerprint density at radius 3 is 2.57 bits per heavy atom. The molecule has 1 amide bonds. The van der Waals surface area contributed by atoms with E-state index in [9.17, 15) is 9.59 Å². The summed E-state index contributed by atoms with van der Waals surface area (Å²) in [5.74, 6) is -0.766. The zero-order valence-corrected chi connectivity index (χ0v) is 12.6. The van der Waals surface area contributed by atoms with Crippen LogP contribution < -0.4 is 0 Å². The van der Waals surface area contributed by atoms with Crippen molar-refractivity contribution in [2.45, 2.75) is 20.0 Å². The quantitative estimate of drug-likeness (QED) is 0.811. The second-order valence-electron chi connectivity index (χ2n) is 5.11. The van der Waals surface area contributed by atoms with Crippen LogP contribution in [0.1, 0.15) is 23.0 Å². The maximum atomic E-state index is 12.3. The van der Waals surface area contributed by atoms with Crippen LogP contribution in [0.2, 0.25) is 0 Å². The number of para-hydroxylation sites is 1. The third-order valence-corrected chi connectivity index (χ3v) is 3.14. The van der Waals surface area contributed by atoms with Gasteiger partial charge in [0.15, 0.2) is 6.10 Å². The lowest BCUT2D eigenvalue weighted by atomic mass is 10.1. The molecule has 2 rings (SSSR count). The molecule has 21 heavy (non-hydrogen) atoms. The Hall–Kier alpha value is -2.43. The lowest BCUT2D eigenvalue weighted by Crippen LogP contribution is -2.35. The van der Waals surface area contributed by atoms with E-state index in [1.165, 1.54) is 4.90 Å². The zero-order valence-electron chi connectivity index (χ0n) is 12.6. The van der Waals surface area contributed by atoms with Gasteiger partial charge in [-0.1, -0.05) is 18.2 Å². The Morgan fingerprint density at radius 2 is 1.90 bits per heavy atom. The summed E-state index contributed by atoms with van der Waals surface area (Å²) < 4.78 is 5.26. The number of aromatic nitrogens is 1. The summed E-state index contributed by atoms with van der Waals surface area (Å²) in [6.07, 6.45) is -0.820. The first-order valence-electron chi connectivity index (χ1n) is 6.68. The minimum Gasteiger partial charge on any atom is -0.449 e. The van der Waals surface area contributed by atoms with Crippen LogP contribution in [0.5, 0.6) is 0 Å². The lowest BCUT2D eigenvalue weighted by Gasteiger charge is -2.17. The number of ether oxygens (including phenoxy) is 1. The van der Waals surface area contributed by atoms with Crippen LogP contribution in [0.15, 0.2) is 30.3 Å². The van der Waals surface area contributed by atoms with Gasteiger partial charge in [-0.05, 0) is 26.0 Å². The third kappa shape index (κ3) is 3.18. The van der Waals surface area contributed by atoms with E-state index in [1.54, 1.807) is 27.1 Å². The highest BCUT2D eigenvalue weighted by Gasteiger charge is 2.21. The number of fused-ring (bicyclic) bond motifs is 1. The van der Waals surface area contributed by atoms with Crippen LogP contribution in [0.4, 0.5) is 0 Å². The van der Waals surface area contributed by atoms with Crippen molar-refractivity contribution >= 4 is 22.8 Å². The molecule has 1 atom stereocenters. The molecule has 0 aliphatic heterocycles. The van der Waals surface area contributed by atoms with E-state index in [4.69, 9.17) is 4.74 Å². The molecule has 110 valence electrons. The number of carbonyl (C=O) groups excluding carboxylic acids is 2. The number of pyridine rings is 1. The number of hydrogen-bond donors (Lipinski definition) is 0. The molecule has 0 spiro atoms. The van der Waals surface area contributed by atoms with Crippen molar-refractivity contribution < 1.29 is 14.3 Å². The van der Waals surface area contributed by atoms with Crippen molar-refractivity contribution in [1.82, 2.24) is 9.88 Å². The molecule has 1 aromatic carbocycles. The van der Waals surface area contributed by atoms with Crippen LogP contribution in [0.3, 0.4) is 0 Å². The Labute approximate surface area is 123 Å². The van der Waals surface area contributed by atoms with Gasteiger partial charge in [-0.25, -0.2) is 4.79 Å². The number of hydrogen-bond acceptors (Lipinski definition) is 4. The Bertz CT molecular complexity index is 695. The van der Waals surface area contributed by atoms with Gasteiger partial charge in [-0.15, -0.1) is 0 Å². The van der Waals surface area contributed by atoms with Gasteiger partial charge in [0.1, 0.15) is 0 Å². The highest BCUT2D eigenvalue weighted by Crippen LogP contribution is 2.19. The summed E-state index contributed by atoms with van der Waals surface area (Å²) in [4.78, 5) is 29.9. The highest BCUT2D eigenvalue weighted by atomic mass is 16.5. The van der Waals surface area contributed by atoms with Crippen molar-refractivity contribution in [2.75, 3.05) is 14.1 Å². The number of amides is 1. The van der Waals surface area contributed by atoms with Gasteiger partial charge in [0.2, 0.25) is 0 Å². The van der Waals surface area contributed by atoms with Crippen molar-refractivity contribution in [3.63, 3.8) is 0 Å². The van der Waals surface area contributed by atoms with Crippen molar-refractivity contribution in [2.24, 2.45) is 0 Å². The van der Waals surface area contributed by atoms with Crippen LogP contribution in [-0.2, 0) is 9.53 Å². The Balaban J connectivity index is 2.34. The third-order valence-electron chi connectivity index (χ3n) is 3.14. The molecule has 0 fully saturated rings. The van der Waals surface area contributed by atoms with Gasteiger partial charge < -0.3 is 9.64 Å². The molecule has 2 aromatic rings. The fourth-order valence-electron chi connectivity index (χ4n) is 2.11. The predicted molar refractivity (Wildman–Crippen MR) is 80.1 cm³/mol. The minimum atomic E-state index is -0.820. The van der Waals surface area contributed by atoms with Gasteiger partial charge >= 0.3 is 5.97 Å². The second kappa shape index (κ2) is 5.91. The van der Waals surface area contributed by atoms with Crippen molar-refractivity contribution in [3.8, 4) is 0 Å². The van der Waals surface area contributed by atoms with Gasteiger partial charge in [0.05, 0.1) is 11.1 Å². The topological polar surface area (TPSA) is 59.5 Å². The average Bonchev–Trinajstić information content (AvgIpc) is 2.45. The molecular weight excluding hydrogens is 268 g/mol. The summed E-state index contributed by atoms with van der Waals surface area (Å²) in [6.45, 7) is 3.38. The highest BCUT2D eigenvalue weighted by molar-refractivity contribution is 6.04. The van der Waals surface area contributed by atoms with Crippen LogP contribution >= 0.6 is 0 Å². The summed E-state index contributed by atoms with van der Waals surface area (Å²) >= 11 is 0. The minimum absolute atomic E-state index is 0.251. The monoisotopic (exact) mass is 286 g/mol. The summed E-state index contributed by atoms with van der Waals surface area (Å²) in [5.41, 5.74) is 1.89.